The minimum atomic E-state index is -0.212. The van der Waals surface area contributed by atoms with E-state index < -0.39 is 0 Å². The molecule has 0 heterocycles. The SMILES string of the molecule is CSc1ccccc1NC(=O)CN(C)c1c(C#N)cccc1C#N. The van der Waals surface area contributed by atoms with Crippen LogP contribution in [0.25, 0.3) is 0 Å². The Bertz CT molecular complexity index is 803. The first-order valence-corrected chi connectivity index (χ1v) is 8.40. The predicted octanol–water partition coefficient (Wildman–Crippen LogP) is 3.23. The summed E-state index contributed by atoms with van der Waals surface area (Å²) in [7, 11) is 1.69. The molecule has 0 saturated heterocycles. The van der Waals surface area contributed by atoms with E-state index in [0.29, 0.717) is 16.8 Å². The van der Waals surface area contributed by atoms with Gasteiger partial charge in [0.2, 0.25) is 5.91 Å². The first-order chi connectivity index (χ1) is 11.6. The van der Waals surface area contributed by atoms with Gasteiger partial charge in [-0.15, -0.1) is 11.8 Å². The number of nitriles is 2. The Morgan fingerprint density at radius 1 is 1.12 bits per heavy atom. The highest BCUT2D eigenvalue weighted by molar-refractivity contribution is 7.98. The maximum absolute atomic E-state index is 12.3. The van der Waals surface area contributed by atoms with Crippen LogP contribution in [0.2, 0.25) is 0 Å². The van der Waals surface area contributed by atoms with Crippen molar-refractivity contribution in [2.45, 2.75) is 4.90 Å². The molecule has 0 spiro atoms. The molecule has 0 fully saturated rings. The van der Waals surface area contributed by atoms with Crippen LogP contribution in [0.4, 0.5) is 11.4 Å². The summed E-state index contributed by atoms with van der Waals surface area (Å²) in [6.45, 7) is 0.0378. The Hall–Kier alpha value is -2.96. The molecular formula is C18H16N4OS. The Morgan fingerprint density at radius 3 is 2.33 bits per heavy atom. The number of hydrogen-bond donors (Lipinski definition) is 1. The van der Waals surface area contributed by atoms with Crippen molar-refractivity contribution < 1.29 is 4.79 Å². The minimum absolute atomic E-state index is 0.0378. The lowest BCUT2D eigenvalue weighted by Gasteiger charge is -2.21. The number of thioether (sulfide) groups is 1. The van der Waals surface area contributed by atoms with Crippen LogP contribution in [0.1, 0.15) is 11.1 Å². The highest BCUT2D eigenvalue weighted by Gasteiger charge is 2.16. The summed E-state index contributed by atoms with van der Waals surface area (Å²) < 4.78 is 0. The Kier molecular flexibility index (Phi) is 5.83. The van der Waals surface area contributed by atoms with Crippen LogP contribution >= 0.6 is 11.8 Å². The summed E-state index contributed by atoms with van der Waals surface area (Å²) in [5.41, 5.74) is 1.95. The van der Waals surface area contributed by atoms with Gasteiger partial charge in [-0.25, -0.2) is 0 Å². The molecule has 2 aromatic rings. The smallest absolute Gasteiger partial charge is 0.243 e. The molecule has 120 valence electrons. The zero-order valence-electron chi connectivity index (χ0n) is 13.4. The van der Waals surface area contributed by atoms with Crippen molar-refractivity contribution in [1.29, 1.82) is 10.5 Å². The number of carbonyl (C=O) groups is 1. The summed E-state index contributed by atoms with van der Waals surface area (Å²) >= 11 is 1.55. The van der Waals surface area contributed by atoms with Gasteiger partial charge in [0, 0.05) is 11.9 Å². The second-order valence-electron chi connectivity index (χ2n) is 5.03. The second-order valence-corrected chi connectivity index (χ2v) is 5.88. The highest BCUT2D eigenvalue weighted by atomic mass is 32.2. The lowest BCUT2D eigenvalue weighted by molar-refractivity contribution is -0.114. The number of nitrogens with one attached hydrogen (secondary N) is 1. The van der Waals surface area contributed by atoms with E-state index in [1.807, 2.05) is 30.5 Å². The van der Waals surface area contributed by atoms with Crippen LogP contribution in [0, 0.1) is 22.7 Å². The van der Waals surface area contributed by atoms with E-state index in [4.69, 9.17) is 0 Å². The van der Waals surface area contributed by atoms with Crippen molar-refractivity contribution in [3.63, 3.8) is 0 Å². The van der Waals surface area contributed by atoms with Crippen LogP contribution in [0.3, 0.4) is 0 Å². The molecule has 0 aliphatic heterocycles. The second kappa shape index (κ2) is 8.05. The number of para-hydroxylation sites is 2. The predicted molar refractivity (Wildman–Crippen MR) is 96.0 cm³/mol. The van der Waals surface area contributed by atoms with Crippen molar-refractivity contribution in [1.82, 2.24) is 0 Å². The van der Waals surface area contributed by atoms with E-state index in [1.165, 1.54) is 0 Å². The average molecular weight is 336 g/mol. The summed E-state index contributed by atoms with van der Waals surface area (Å²) in [6.07, 6.45) is 1.94. The summed E-state index contributed by atoms with van der Waals surface area (Å²) in [5.74, 6) is -0.212. The third kappa shape index (κ3) is 3.87. The lowest BCUT2D eigenvalue weighted by atomic mass is 10.1. The van der Waals surface area contributed by atoms with Crippen molar-refractivity contribution >= 4 is 29.0 Å². The molecule has 2 rings (SSSR count). The number of amides is 1. The van der Waals surface area contributed by atoms with E-state index in [9.17, 15) is 15.3 Å². The van der Waals surface area contributed by atoms with Crippen LogP contribution in [0.5, 0.6) is 0 Å². The number of nitrogens with zero attached hydrogens (tertiary/aromatic N) is 3. The van der Waals surface area contributed by atoms with Gasteiger partial charge in [0.05, 0.1) is 29.0 Å². The van der Waals surface area contributed by atoms with Gasteiger partial charge in [-0.05, 0) is 30.5 Å². The van der Waals surface area contributed by atoms with Gasteiger partial charge in [-0.1, -0.05) is 18.2 Å². The number of benzene rings is 2. The normalized spacial score (nSPS) is 9.67. The van der Waals surface area contributed by atoms with E-state index in [1.54, 1.807) is 41.9 Å². The Morgan fingerprint density at radius 2 is 1.75 bits per heavy atom. The van der Waals surface area contributed by atoms with Gasteiger partial charge in [0.25, 0.3) is 0 Å². The van der Waals surface area contributed by atoms with E-state index in [-0.39, 0.29) is 12.5 Å². The molecule has 6 heteroatoms. The highest BCUT2D eigenvalue weighted by Crippen LogP contribution is 2.26. The van der Waals surface area contributed by atoms with Crippen molar-refractivity contribution in [2.24, 2.45) is 0 Å². The molecule has 0 saturated carbocycles. The fraction of sp³-hybridized carbons (Fsp3) is 0.167. The van der Waals surface area contributed by atoms with Crippen LogP contribution in [0.15, 0.2) is 47.4 Å². The molecule has 0 aliphatic rings. The van der Waals surface area contributed by atoms with Crippen molar-refractivity contribution in [3.05, 3.63) is 53.6 Å². The third-order valence-electron chi connectivity index (χ3n) is 3.42. The molecule has 2 aromatic carbocycles. The number of hydrogen-bond acceptors (Lipinski definition) is 5. The number of rotatable bonds is 5. The van der Waals surface area contributed by atoms with Crippen LogP contribution in [-0.4, -0.2) is 25.8 Å². The molecule has 24 heavy (non-hydrogen) atoms. The topological polar surface area (TPSA) is 79.9 Å². The molecular weight excluding hydrogens is 320 g/mol. The molecule has 1 amide bonds. The summed E-state index contributed by atoms with van der Waals surface area (Å²) in [4.78, 5) is 14.9. The quantitative estimate of drug-likeness (QED) is 0.848. The fourth-order valence-electron chi connectivity index (χ4n) is 2.37. The van der Waals surface area contributed by atoms with Gasteiger partial charge < -0.3 is 10.2 Å². The molecule has 0 aromatic heterocycles. The third-order valence-corrected chi connectivity index (χ3v) is 4.22. The first-order valence-electron chi connectivity index (χ1n) is 7.18. The zero-order valence-corrected chi connectivity index (χ0v) is 14.2. The average Bonchev–Trinajstić information content (AvgIpc) is 2.61. The Labute approximate surface area is 145 Å². The molecule has 1 N–H and O–H groups in total. The largest absolute Gasteiger partial charge is 0.363 e. The lowest BCUT2D eigenvalue weighted by Crippen LogP contribution is -2.31. The van der Waals surface area contributed by atoms with Crippen molar-refractivity contribution in [2.75, 3.05) is 30.1 Å². The van der Waals surface area contributed by atoms with E-state index >= 15 is 0 Å². The molecule has 5 nitrogen and oxygen atoms in total. The maximum atomic E-state index is 12.3. The van der Waals surface area contributed by atoms with E-state index in [2.05, 4.69) is 17.5 Å². The summed E-state index contributed by atoms with van der Waals surface area (Å²) in [6, 6.07) is 16.6. The Balaban J connectivity index is 2.19. The molecule has 0 bridgehead atoms. The number of likely N-dealkylation sites (N-methyl/N-ethyl adjacent to an activating group) is 1. The van der Waals surface area contributed by atoms with Crippen LogP contribution in [-0.2, 0) is 4.79 Å². The van der Waals surface area contributed by atoms with Crippen LogP contribution < -0.4 is 10.2 Å². The van der Waals surface area contributed by atoms with Gasteiger partial charge in [-0.3, -0.25) is 4.79 Å². The fourth-order valence-corrected chi connectivity index (χ4v) is 2.92. The van der Waals surface area contributed by atoms with Gasteiger partial charge in [0.15, 0.2) is 0 Å². The van der Waals surface area contributed by atoms with Crippen molar-refractivity contribution in [3.8, 4) is 12.1 Å². The molecule has 0 atom stereocenters. The van der Waals surface area contributed by atoms with Gasteiger partial charge in [0.1, 0.15) is 12.1 Å². The molecule has 0 unspecified atom stereocenters. The summed E-state index contributed by atoms with van der Waals surface area (Å²) in [5, 5.41) is 21.3. The number of carbonyl (C=O) groups excluding carboxylic acids is 1. The van der Waals surface area contributed by atoms with E-state index in [0.717, 1.165) is 10.6 Å². The first kappa shape index (κ1) is 17.4. The zero-order chi connectivity index (χ0) is 17.5. The molecule has 0 radical (unpaired) electrons. The minimum Gasteiger partial charge on any atom is -0.363 e. The standard InChI is InChI=1S/C18H16N4OS/c1-22(18-13(10-19)6-5-7-14(18)11-20)12-17(23)21-15-8-3-4-9-16(15)24-2/h3-9H,12H2,1-2H3,(H,21,23). The molecule has 0 aliphatic carbocycles. The van der Waals surface area contributed by atoms with Gasteiger partial charge >= 0.3 is 0 Å². The maximum Gasteiger partial charge on any atom is 0.243 e. The van der Waals surface area contributed by atoms with Gasteiger partial charge in [-0.2, -0.15) is 10.5 Å². The monoisotopic (exact) mass is 336 g/mol. The number of anilines is 2.